The van der Waals surface area contributed by atoms with Gasteiger partial charge in [-0.25, -0.2) is 8.78 Å². The van der Waals surface area contributed by atoms with E-state index < -0.39 is 11.6 Å². The minimum absolute atomic E-state index is 0.213. The third kappa shape index (κ3) is 5.76. The smallest absolute Gasteiger partial charge is 0.237 e. The van der Waals surface area contributed by atoms with Crippen LogP contribution < -0.4 is 10.1 Å². The Bertz CT molecular complexity index is 776. The fourth-order valence-corrected chi connectivity index (χ4v) is 2.65. The van der Waals surface area contributed by atoms with E-state index in [2.05, 4.69) is 5.32 Å². The number of benzene rings is 2. The molecule has 25 heavy (non-hydrogen) atoms. The molecule has 0 bridgehead atoms. The van der Waals surface area contributed by atoms with Gasteiger partial charge in [-0.1, -0.05) is 0 Å². The van der Waals surface area contributed by atoms with Crippen molar-refractivity contribution in [3.05, 3.63) is 59.7 Å². The van der Waals surface area contributed by atoms with Crippen molar-refractivity contribution in [1.29, 1.82) is 5.26 Å². The highest BCUT2D eigenvalue weighted by molar-refractivity contribution is 8.00. The molecular formula is C18H16F2N2O2S. The van der Waals surface area contributed by atoms with Gasteiger partial charge in [0.25, 0.3) is 0 Å². The van der Waals surface area contributed by atoms with Crippen LogP contribution in [0, 0.1) is 23.0 Å². The van der Waals surface area contributed by atoms with Crippen LogP contribution in [0.3, 0.4) is 0 Å². The number of rotatable bonds is 7. The van der Waals surface area contributed by atoms with Gasteiger partial charge in [-0.2, -0.15) is 5.26 Å². The highest BCUT2D eigenvalue weighted by Crippen LogP contribution is 2.17. The first-order valence-corrected chi connectivity index (χ1v) is 8.55. The molecule has 130 valence electrons. The molecule has 0 aliphatic rings. The molecule has 0 aliphatic heterocycles. The van der Waals surface area contributed by atoms with Crippen molar-refractivity contribution in [2.24, 2.45) is 0 Å². The zero-order chi connectivity index (χ0) is 18.2. The summed E-state index contributed by atoms with van der Waals surface area (Å²) in [6, 6.07) is 12.0. The summed E-state index contributed by atoms with van der Waals surface area (Å²) in [6.07, 6.45) is 0. The van der Waals surface area contributed by atoms with Crippen molar-refractivity contribution in [3.8, 4) is 11.8 Å². The predicted octanol–water partition coefficient (Wildman–Crippen LogP) is 3.98. The normalized spacial score (nSPS) is 11.4. The van der Waals surface area contributed by atoms with Gasteiger partial charge < -0.3 is 10.1 Å². The number of anilines is 1. The van der Waals surface area contributed by atoms with Gasteiger partial charge in [0.1, 0.15) is 5.75 Å². The minimum Gasteiger partial charge on any atom is -0.493 e. The predicted molar refractivity (Wildman–Crippen MR) is 93.6 cm³/mol. The van der Waals surface area contributed by atoms with Crippen LogP contribution in [-0.2, 0) is 4.79 Å². The van der Waals surface area contributed by atoms with Crippen molar-refractivity contribution in [1.82, 2.24) is 0 Å². The summed E-state index contributed by atoms with van der Waals surface area (Å²) in [5.41, 5.74) is 0.773. The molecule has 0 fully saturated rings. The molecule has 2 aromatic rings. The fourth-order valence-electron chi connectivity index (χ4n) is 1.90. The zero-order valence-corrected chi connectivity index (χ0v) is 14.3. The molecule has 4 nitrogen and oxygen atoms in total. The van der Waals surface area contributed by atoms with Crippen LogP contribution in [0.25, 0.3) is 0 Å². The Hall–Kier alpha value is -2.59. The molecule has 0 aromatic heterocycles. The molecule has 0 saturated carbocycles. The van der Waals surface area contributed by atoms with Gasteiger partial charge in [-0.15, -0.1) is 11.8 Å². The van der Waals surface area contributed by atoms with E-state index in [9.17, 15) is 13.6 Å². The first-order valence-electron chi connectivity index (χ1n) is 7.50. The fraction of sp³-hybridized carbons (Fsp3) is 0.222. The highest BCUT2D eigenvalue weighted by Gasteiger charge is 2.14. The van der Waals surface area contributed by atoms with Crippen molar-refractivity contribution in [2.45, 2.75) is 12.2 Å². The number of hydrogen-bond donors (Lipinski definition) is 1. The number of carbonyl (C=O) groups excluding carboxylic acids is 1. The maximum atomic E-state index is 13.1. The molecule has 2 rings (SSSR count). The second-order valence-corrected chi connectivity index (χ2v) is 6.56. The van der Waals surface area contributed by atoms with Crippen molar-refractivity contribution < 1.29 is 18.3 Å². The summed E-state index contributed by atoms with van der Waals surface area (Å²) in [7, 11) is 0. The van der Waals surface area contributed by atoms with Crippen LogP contribution in [0.15, 0.2) is 42.5 Å². The van der Waals surface area contributed by atoms with Gasteiger partial charge in [-0.05, 0) is 43.3 Å². The lowest BCUT2D eigenvalue weighted by Gasteiger charge is -2.12. The van der Waals surface area contributed by atoms with E-state index in [0.717, 1.165) is 12.1 Å². The zero-order valence-electron chi connectivity index (χ0n) is 13.5. The van der Waals surface area contributed by atoms with Crippen molar-refractivity contribution >= 4 is 23.4 Å². The lowest BCUT2D eigenvalue weighted by atomic mass is 10.2. The lowest BCUT2D eigenvalue weighted by Crippen LogP contribution is -2.23. The number of amides is 1. The van der Waals surface area contributed by atoms with Crippen LogP contribution in [0.2, 0.25) is 0 Å². The Morgan fingerprint density at radius 2 is 1.96 bits per heavy atom. The molecular weight excluding hydrogens is 346 g/mol. The summed E-state index contributed by atoms with van der Waals surface area (Å²) < 4.78 is 31.5. The van der Waals surface area contributed by atoms with Crippen LogP contribution in [0.4, 0.5) is 14.5 Å². The number of nitrogens with one attached hydrogen (secondary N) is 1. The number of ether oxygens (including phenoxy) is 1. The van der Waals surface area contributed by atoms with Crippen LogP contribution in [0.5, 0.6) is 5.75 Å². The molecule has 0 radical (unpaired) electrons. The lowest BCUT2D eigenvalue weighted by molar-refractivity contribution is -0.115. The van der Waals surface area contributed by atoms with Gasteiger partial charge in [0.05, 0.1) is 23.5 Å². The van der Waals surface area contributed by atoms with E-state index in [1.54, 1.807) is 31.2 Å². The van der Waals surface area contributed by atoms with E-state index >= 15 is 0 Å². The number of nitriles is 1. The minimum atomic E-state index is -1.01. The third-order valence-corrected chi connectivity index (χ3v) is 4.38. The van der Waals surface area contributed by atoms with Crippen LogP contribution in [-0.4, -0.2) is 23.5 Å². The van der Waals surface area contributed by atoms with Crippen LogP contribution >= 0.6 is 11.8 Å². The maximum Gasteiger partial charge on any atom is 0.237 e. The van der Waals surface area contributed by atoms with Gasteiger partial charge in [0, 0.05) is 17.5 Å². The molecule has 1 atom stereocenters. The molecule has 1 unspecified atom stereocenters. The third-order valence-electron chi connectivity index (χ3n) is 3.26. The van der Waals surface area contributed by atoms with Gasteiger partial charge in [0.15, 0.2) is 11.6 Å². The van der Waals surface area contributed by atoms with E-state index in [4.69, 9.17) is 10.00 Å². The average Bonchev–Trinajstić information content (AvgIpc) is 2.62. The standard InChI is InChI=1S/C18H16F2N2O2S/c1-12(18(23)22-14-4-7-16(19)17(20)10-14)25-9-8-24-15-5-2-13(11-21)3-6-15/h2-7,10,12H,8-9H2,1H3,(H,22,23). The number of halogens is 2. The van der Waals surface area contributed by atoms with E-state index in [1.165, 1.54) is 17.8 Å². The molecule has 0 spiro atoms. The molecule has 0 saturated heterocycles. The highest BCUT2D eigenvalue weighted by atomic mass is 32.2. The molecule has 1 N–H and O–H groups in total. The second kappa shape index (κ2) is 9.04. The largest absolute Gasteiger partial charge is 0.493 e. The Labute approximate surface area is 148 Å². The van der Waals surface area contributed by atoms with E-state index in [-0.39, 0.29) is 16.8 Å². The van der Waals surface area contributed by atoms with Gasteiger partial charge >= 0.3 is 0 Å². The average molecular weight is 362 g/mol. The molecule has 1 amide bonds. The summed E-state index contributed by atoms with van der Waals surface area (Å²) in [5.74, 6) is -1.03. The summed E-state index contributed by atoms with van der Waals surface area (Å²) in [5, 5.41) is 10.9. The quantitative estimate of drug-likeness (QED) is 0.757. The van der Waals surface area contributed by atoms with E-state index in [0.29, 0.717) is 23.7 Å². The summed E-state index contributed by atoms with van der Waals surface area (Å²) >= 11 is 1.38. The number of hydrogen-bond acceptors (Lipinski definition) is 4. The monoisotopic (exact) mass is 362 g/mol. The number of thioether (sulfide) groups is 1. The molecule has 0 heterocycles. The second-order valence-electron chi connectivity index (χ2n) is 5.12. The van der Waals surface area contributed by atoms with Crippen molar-refractivity contribution in [2.75, 3.05) is 17.7 Å². The maximum absolute atomic E-state index is 13.1. The molecule has 7 heteroatoms. The van der Waals surface area contributed by atoms with Gasteiger partial charge in [-0.3, -0.25) is 4.79 Å². The molecule has 0 aliphatic carbocycles. The Morgan fingerprint density at radius 3 is 2.60 bits per heavy atom. The van der Waals surface area contributed by atoms with Crippen LogP contribution in [0.1, 0.15) is 12.5 Å². The topological polar surface area (TPSA) is 62.1 Å². The Balaban J connectivity index is 1.73. The number of carbonyl (C=O) groups is 1. The molecule has 2 aromatic carbocycles. The summed E-state index contributed by atoms with van der Waals surface area (Å²) in [4.78, 5) is 12.0. The van der Waals surface area contributed by atoms with Crippen molar-refractivity contribution in [3.63, 3.8) is 0 Å². The van der Waals surface area contributed by atoms with Gasteiger partial charge in [0.2, 0.25) is 5.91 Å². The Morgan fingerprint density at radius 1 is 1.24 bits per heavy atom. The van der Waals surface area contributed by atoms with E-state index in [1.807, 2.05) is 6.07 Å². The summed E-state index contributed by atoms with van der Waals surface area (Å²) in [6.45, 7) is 2.13. The SMILES string of the molecule is CC(SCCOc1ccc(C#N)cc1)C(=O)Nc1ccc(F)c(F)c1. The first kappa shape index (κ1) is 18.7. The first-order chi connectivity index (χ1) is 12.0. The number of nitrogens with zero attached hydrogens (tertiary/aromatic N) is 1. The Kier molecular flexibility index (Phi) is 6.78.